The monoisotopic (exact) mass is 385 g/mol. The van der Waals surface area contributed by atoms with E-state index in [0.717, 1.165) is 11.3 Å². The molecule has 0 atom stereocenters. The van der Waals surface area contributed by atoms with Crippen molar-refractivity contribution < 1.29 is 9.72 Å². The normalized spacial score (nSPS) is 11.1. The highest BCUT2D eigenvalue weighted by Crippen LogP contribution is 2.20. The van der Waals surface area contributed by atoms with Gasteiger partial charge in [0.2, 0.25) is 0 Å². The summed E-state index contributed by atoms with van der Waals surface area (Å²) in [5.41, 5.74) is 2.61. The van der Waals surface area contributed by atoms with Gasteiger partial charge >= 0.3 is 0 Å². The summed E-state index contributed by atoms with van der Waals surface area (Å²) in [7, 11) is 0. The third-order valence-electron chi connectivity index (χ3n) is 3.74. The highest BCUT2D eigenvalue weighted by Gasteiger charge is 2.10. The summed E-state index contributed by atoms with van der Waals surface area (Å²) in [6.45, 7) is 1.79. The SMILES string of the molecule is CCc1cc2c(=O)n(CC(=O)N/N=C\c3ccc([N+](=O)[O-])cc3)cnc2s1. The lowest BCUT2D eigenvalue weighted by molar-refractivity contribution is -0.384. The number of hydrogen-bond acceptors (Lipinski definition) is 7. The van der Waals surface area contributed by atoms with Crippen molar-refractivity contribution in [2.75, 3.05) is 0 Å². The Labute approximate surface area is 157 Å². The highest BCUT2D eigenvalue weighted by molar-refractivity contribution is 7.18. The molecule has 2 aromatic heterocycles. The summed E-state index contributed by atoms with van der Waals surface area (Å²) in [4.78, 5) is 40.5. The van der Waals surface area contributed by atoms with Crippen molar-refractivity contribution in [3.63, 3.8) is 0 Å². The van der Waals surface area contributed by atoms with Crippen LogP contribution in [0.15, 0.2) is 46.6 Å². The Morgan fingerprint density at radius 2 is 2.15 bits per heavy atom. The number of hydrogen-bond donors (Lipinski definition) is 1. The fraction of sp³-hybridized carbons (Fsp3) is 0.176. The lowest BCUT2D eigenvalue weighted by Crippen LogP contribution is -2.29. The Kier molecular flexibility index (Phi) is 5.36. The van der Waals surface area contributed by atoms with Gasteiger partial charge in [0, 0.05) is 17.0 Å². The van der Waals surface area contributed by atoms with E-state index in [0.29, 0.717) is 15.8 Å². The molecule has 27 heavy (non-hydrogen) atoms. The number of thiophene rings is 1. The van der Waals surface area contributed by atoms with Gasteiger partial charge < -0.3 is 0 Å². The van der Waals surface area contributed by atoms with Crippen molar-refractivity contribution in [3.05, 3.63) is 67.6 Å². The third kappa shape index (κ3) is 4.23. The summed E-state index contributed by atoms with van der Waals surface area (Å²) in [6, 6.07) is 7.51. The van der Waals surface area contributed by atoms with E-state index < -0.39 is 10.8 Å². The van der Waals surface area contributed by atoms with Crippen molar-refractivity contribution in [2.45, 2.75) is 19.9 Å². The van der Waals surface area contributed by atoms with Gasteiger partial charge in [0.05, 0.1) is 22.9 Å². The predicted molar refractivity (Wildman–Crippen MR) is 102 cm³/mol. The molecule has 0 aliphatic carbocycles. The molecular weight excluding hydrogens is 370 g/mol. The van der Waals surface area contributed by atoms with Gasteiger partial charge in [-0.15, -0.1) is 11.3 Å². The fourth-order valence-electron chi connectivity index (χ4n) is 2.35. The van der Waals surface area contributed by atoms with Gasteiger partial charge in [0.15, 0.2) is 0 Å². The number of amides is 1. The van der Waals surface area contributed by atoms with Crippen LogP contribution in [-0.2, 0) is 17.8 Å². The largest absolute Gasteiger partial charge is 0.289 e. The molecule has 1 amide bonds. The van der Waals surface area contributed by atoms with Crippen LogP contribution in [0.3, 0.4) is 0 Å². The van der Waals surface area contributed by atoms with Crippen LogP contribution >= 0.6 is 11.3 Å². The van der Waals surface area contributed by atoms with E-state index in [1.165, 1.54) is 52.7 Å². The van der Waals surface area contributed by atoms with E-state index in [9.17, 15) is 19.7 Å². The molecule has 0 saturated carbocycles. The van der Waals surface area contributed by atoms with Crippen LogP contribution in [0.5, 0.6) is 0 Å². The van der Waals surface area contributed by atoms with E-state index in [1.807, 2.05) is 6.92 Å². The van der Waals surface area contributed by atoms with Crippen molar-refractivity contribution in [3.8, 4) is 0 Å². The second-order valence-electron chi connectivity index (χ2n) is 5.60. The number of nitrogens with zero attached hydrogens (tertiary/aromatic N) is 4. The van der Waals surface area contributed by atoms with Crippen molar-refractivity contribution in [1.29, 1.82) is 0 Å². The average Bonchev–Trinajstić information content (AvgIpc) is 3.09. The molecule has 0 fully saturated rings. The van der Waals surface area contributed by atoms with E-state index in [-0.39, 0.29) is 17.8 Å². The second-order valence-corrected chi connectivity index (χ2v) is 6.72. The van der Waals surface area contributed by atoms with Gasteiger partial charge in [0.25, 0.3) is 17.2 Å². The molecule has 9 nitrogen and oxygen atoms in total. The topological polar surface area (TPSA) is 119 Å². The number of nitro groups is 1. The molecule has 10 heteroatoms. The zero-order chi connectivity index (χ0) is 19.4. The van der Waals surface area contributed by atoms with E-state index in [2.05, 4.69) is 15.5 Å². The maximum absolute atomic E-state index is 12.4. The van der Waals surface area contributed by atoms with Crippen LogP contribution in [0, 0.1) is 10.1 Å². The van der Waals surface area contributed by atoms with Gasteiger partial charge in [-0.25, -0.2) is 10.4 Å². The minimum atomic E-state index is -0.498. The van der Waals surface area contributed by atoms with Crippen LogP contribution in [0.25, 0.3) is 10.2 Å². The van der Waals surface area contributed by atoms with Crippen LogP contribution in [0.2, 0.25) is 0 Å². The molecule has 0 saturated heterocycles. The zero-order valence-corrected chi connectivity index (χ0v) is 15.1. The first-order chi connectivity index (χ1) is 13.0. The fourth-order valence-corrected chi connectivity index (χ4v) is 3.27. The Morgan fingerprint density at radius 1 is 1.41 bits per heavy atom. The quantitative estimate of drug-likeness (QED) is 0.396. The third-order valence-corrected chi connectivity index (χ3v) is 4.93. The summed E-state index contributed by atoms with van der Waals surface area (Å²) in [6.07, 6.45) is 3.52. The number of aryl methyl sites for hydroxylation is 1. The molecule has 2 heterocycles. The highest BCUT2D eigenvalue weighted by atomic mass is 32.1. The lowest BCUT2D eigenvalue weighted by Gasteiger charge is -2.03. The maximum atomic E-state index is 12.4. The van der Waals surface area contributed by atoms with Crippen molar-refractivity contribution >= 4 is 39.4 Å². The lowest BCUT2D eigenvalue weighted by atomic mass is 10.2. The Morgan fingerprint density at radius 3 is 2.81 bits per heavy atom. The summed E-state index contributed by atoms with van der Waals surface area (Å²) in [5, 5.41) is 14.9. The molecule has 0 aliphatic heterocycles. The first-order valence-electron chi connectivity index (χ1n) is 8.02. The first-order valence-corrected chi connectivity index (χ1v) is 8.83. The summed E-state index contributed by atoms with van der Waals surface area (Å²) in [5.74, 6) is -0.484. The molecule has 3 aromatic rings. The summed E-state index contributed by atoms with van der Waals surface area (Å²) < 4.78 is 1.23. The van der Waals surface area contributed by atoms with E-state index in [1.54, 1.807) is 6.07 Å². The predicted octanol–water partition coefficient (Wildman–Crippen LogP) is 2.08. The number of carbonyl (C=O) groups is 1. The van der Waals surface area contributed by atoms with Gasteiger partial charge in [-0.2, -0.15) is 5.10 Å². The number of benzene rings is 1. The molecule has 0 bridgehead atoms. The number of rotatable bonds is 6. The zero-order valence-electron chi connectivity index (χ0n) is 14.3. The average molecular weight is 385 g/mol. The van der Waals surface area contributed by atoms with Gasteiger partial charge in [-0.3, -0.25) is 24.3 Å². The molecule has 1 aromatic carbocycles. The Hall–Kier alpha value is -3.40. The Bertz CT molecular complexity index is 1080. The maximum Gasteiger partial charge on any atom is 0.269 e. The van der Waals surface area contributed by atoms with Gasteiger partial charge in [0.1, 0.15) is 11.4 Å². The van der Waals surface area contributed by atoms with Crippen molar-refractivity contribution in [2.24, 2.45) is 5.10 Å². The first kappa shape index (κ1) is 18.4. The number of hydrazone groups is 1. The van der Waals surface area contributed by atoms with Gasteiger partial charge in [-0.1, -0.05) is 6.92 Å². The molecule has 0 spiro atoms. The molecule has 1 N–H and O–H groups in total. The number of nitrogens with one attached hydrogen (secondary N) is 1. The van der Waals surface area contributed by atoms with Crippen LogP contribution in [0.4, 0.5) is 5.69 Å². The number of nitro benzene ring substituents is 1. The molecule has 3 rings (SSSR count). The van der Waals surface area contributed by atoms with Crippen LogP contribution in [0.1, 0.15) is 17.4 Å². The van der Waals surface area contributed by atoms with Crippen LogP contribution < -0.4 is 11.0 Å². The smallest absolute Gasteiger partial charge is 0.269 e. The molecule has 0 unspecified atom stereocenters. The van der Waals surface area contributed by atoms with E-state index in [4.69, 9.17) is 0 Å². The summed E-state index contributed by atoms with van der Waals surface area (Å²) >= 11 is 1.46. The van der Waals surface area contributed by atoms with Crippen molar-refractivity contribution in [1.82, 2.24) is 15.0 Å². The minimum Gasteiger partial charge on any atom is -0.289 e. The van der Waals surface area contributed by atoms with E-state index >= 15 is 0 Å². The molecular formula is C17H15N5O4S. The number of non-ortho nitro benzene ring substituents is 1. The standard InChI is InChI=1S/C17H15N5O4S/c1-2-13-7-14-16(27-13)18-10-21(17(14)24)9-15(23)20-19-8-11-3-5-12(6-4-11)22(25)26/h3-8,10H,2,9H2,1H3,(H,20,23)/b19-8-. The number of aromatic nitrogens is 2. The number of fused-ring (bicyclic) bond motifs is 1. The minimum absolute atomic E-state index is 0.0295. The molecule has 0 aliphatic rings. The number of carbonyl (C=O) groups excluding carboxylic acids is 1. The van der Waals surface area contributed by atoms with Gasteiger partial charge in [-0.05, 0) is 30.2 Å². The second kappa shape index (κ2) is 7.87. The Balaban J connectivity index is 1.65. The molecule has 0 radical (unpaired) electrons. The van der Waals surface area contributed by atoms with Crippen LogP contribution in [-0.4, -0.2) is 26.6 Å². The molecule has 138 valence electrons.